The zero-order valence-electron chi connectivity index (χ0n) is 17.4. The second kappa shape index (κ2) is 8.02. The van der Waals surface area contributed by atoms with Crippen LogP contribution in [0.3, 0.4) is 0 Å². The van der Waals surface area contributed by atoms with Gasteiger partial charge in [0.05, 0.1) is 11.1 Å². The molecule has 0 atom stereocenters. The number of rotatable bonds is 3. The van der Waals surface area contributed by atoms with Gasteiger partial charge < -0.3 is 9.80 Å². The fourth-order valence-corrected chi connectivity index (χ4v) is 4.76. The van der Waals surface area contributed by atoms with Crippen LogP contribution in [0.1, 0.15) is 35.2 Å². The minimum atomic E-state index is -0.320. The number of carbonyl (C=O) groups is 2. The maximum Gasteiger partial charge on any atom is 0.254 e. The summed E-state index contributed by atoms with van der Waals surface area (Å²) in [5, 5.41) is 0.715. The highest BCUT2D eigenvalue weighted by molar-refractivity contribution is 6.06. The number of aromatic nitrogens is 1. The molecular weight excluding hydrogens is 390 g/mol. The molecule has 0 spiro atoms. The monoisotopic (exact) mass is 415 g/mol. The summed E-state index contributed by atoms with van der Waals surface area (Å²) in [6, 6.07) is 16.7. The van der Waals surface area contributed by atoms with Gasteiger partial charge in [-0.2, -0.15) is 0 Å². The van der Waals surface area contributed by atoms with Crippen LogP contribution < -0.4 is 10.5 Å². The zero-order valence-corrected chi connectivity index (χ0v) is 17.4. The van der Waals surface area contributed by atoms with Gasteiger partial charge in [-0.05, 0) is 43.4 Å². The van der Waals surface area contributed by atoms with E-state index < -0.39 is 0 Å². The van der Waals surface area contributed by atoms with Crippen LogP contribution in [-0.2, 0) is 17.8 Å². The van der Waals surface area contributed by atoms with Crippen molar-refractivity contribution >= 4 is 28.4 Å². The van der Waals surface area contributed by atoms with E-state index in [1.165, 1.54) is 10.6 Å². The Morgan fingerprint density at radius 2 is 1.61 bits per heavy atom. The summed E-state index contributed by atoms with van der Waals surface area (Å²) < 4.78 is 1.49. The van der Waals surface area contributed by atoms with E-state index >= 15 is 0 Å². The summed E-state index contributed by atoms with van der Waals surface area (Å²) in [7, 11) is 0. The molecule has 1 saturated heterocycles. The number of likely N-dealkylation sites (tertiary alicyclic amines) is 1. The molecule has 2 aromatic carbocycles. The number of hydrogen-bond acceptors (Lipinski definition) is 3. The first-order chi connectivity index (χ1) is 15.1. The van der Waals surface area contributed by atoms with Crippen LogP contribution in [0.2, 0.25) is 0 Å². The highest BCUT2D eigenvalue weighted by Crippen LogP contribution is 2.28. The molecule has 3 aromatic rings. The molecule has 0 saturated carbocycles. The lowest BCUT2D eigenvalue weighted by Gasteiger charge is -2.27. The van der Waals surface area contributed by atoms with Crippen LogP contribution in [0.25, 0.3) is 10.9 Å². The number of pyridine rings is 1. The first kappa shape index (κ1) is 19.5. The van der Waals surface area contributed by atoms with Crippen LogP contribution in [0.4, 0.5) is 5.69 Å². The van der Waals surface area contributed by atoms with E-state index in [4.69, 9.17) is 0 Å². The maximum absolute atomic E-state index is 13.1. The molecule has 1 aromatic heterocycles. The van der Waals surface area contributed by atoms with Gasteiger partial charge in [0.2, 0.25) is 5.91 Å². The average molecular weight is 415 g/mol. The first-order valence-electron chi connectivity index (χ1n) is 10.9. The molecular formula is C25H25N3O3. The van der Waals surface area contributed by atoms with Crippen LogP contribution >= 0.6 is 0 Å². The standard InChI is InChI=1S/C25H25N3O3/c29-23-16-20(25(31)26-13-6-1-7-14-26)19-9-3-5-11-22(19)28(23)17-24(30)27-15-12-18-8-2-4-10-21(18)27/h2-5,8-11,16H,1,6-7,12-15,17H2. The number of fused-ring (bicyclic) bond motifs is 2. The van der Waals surface area contributed by atoms with Gasteiger partial charge in [-0.25, -0.2) is 0 Å². The van der Waals surface area contributed by atoms with Gasteiger partial charge in [0, 0.05) is 36.8 Å². The summed E-state index contributed by atoms with van der Waals surface area (Å²) in [4.78, 5) is 42.9. The lowest BCUT2D eigenvalue weighted by Crippen LogP contribution is -2.38. The van der Waals surface area contributed by atoms with Crippen molar-refractivity contribution in [3.8, 4) is 0 Å². The number of carbonyl (C=O) groups excluding carboxylic acids is 2. The number of piperidine rings is 1. The molecule has 0 unspecified atom stereocenters. The third kappa shape index (κ3) is 3.52. The van der Waals surface area contributed by atoms with Crippen molar-refractivity contribution in [2.75, 3.05) is 24.5 Å². The molecule has 0 radical (unpaired) electrons. The summed E-state index contributed by atoms with van der Waals surface area (Å²) in [5.74, 6) is -0.216. The molecule has 31 heavy (non-hydrogen) atoms. The van der Waals surface area contributed by atoms with Crippen molar-refractivity contribution in [1.29, 1.82) is 0 Å². The van der Waals surface area contributed by atoms with Crippen molar-refractivity contribution in [3.05, 3.63) is 76.1 Å². The van der Waals surface area contributed by atoms with Crippen LogP contribution in [0, 0.1) is 0 Å². The molecule has 5 rings (SSSR count). The Bertz CT molecular complexity index is 1220. The molecule has 2 amide bonds. The smallest absolute Gasteiger partial charge is 0.254 e. The van der Waals surface area contributed by atoms with Gasteiger partial charge in [0.25, 0.3) is 11.5 Å². The van der Waals surface area contributed by atoms with Gasteiger partial charge in [0.1, 0.15) is 6.54 Å². The zero-order chi connectivity index (χ0) is 21.4. The highest BCUT2D eigenvalue weighted by atomic mass is 16.2. The van der Waals surface area contributed by atoms with E-state index in [0.29, 0.717) is 23.0 Å². The Morgan fingerprint density at radius 3 is 2.45 bits per heavy atom. The Morgan fingerprint density at radius 1 is 0.871 bits per heavy atom. The van der Waals surface area contributed by atoms with E-state index in [0.717, 1.165) is 50.0 Å². The van der Waals surface area contributed by atoms with Gasteiger partial charge >= 0.3 is 0 Å². The van der Waals surface area contributed by atoms with Gasteiger partial charge in [-0.3, -0.25) is 19.0 Å². The Balaban J connectivity index is 1.50. The second-order valence-electron chi connectivity index (χ2n) is 8.28. The second-order valence-corrected chi connectivity index (χ2v) is 8.28. The predicted octanol–water partition coefficient (Wildman–Crippen LogP) is 3.22. The quantitative estimate of drug-likeness (QED) is 0.660. The summed E-state index contributed by atoms with van der Waals surface area (Å²) in [6.45, 7) is 2.02. The molecule has 2 aliphatic rings. The normalized spacial score (nSPS) is 15.9. The van der Waals surface area contributed by atoms with Gasteiger partial charge in [-0.1, -0.05) is 36.4 Å². The number of nitrogens with zero attached hydrogens (tertiary/aromatic N) is 3. The minimum Gasteiger partial charge on any atom is -0.339 e. The molecule has 3 heterocycles. The van der Waals surface area contributed by atoms with Crippen molar-refractivity contribution in [2.24, 2.45) is 0 Å². The van der Waals surface area contributed by atoms with Crippen molar-refractivity contribution in [1.82, 2.24) is 9.47 Å². The number of benzene rings is 2. The third-order valence-corrected chi connectivity index (χ3v) is 6.37. The molecule has 6 heteroatoms. The molecule has 158 valence electrons. The Hall–Kier alpha value is -3.41. The Kier molecular flexibility index (Phi) is 5.06. The van der Waals surface area contributed by atoms with E-state index in [1.807, 2.05) is 53.4 Å². The van der Waals surface area contributed by atoms with E-state index in [9.17, 15) is 14.4 Å². The average Bonchev–Trinajstić information content (AvgIpc) is 3.25. The molecule has 0 bridgehead atoms. The third-order valence-electron chi connectivity index (χ3n) is 6.37. The largest absolute Gasteiger partial charge is 0.339 e. The fourth-order valence-electron chi connectivity index (χ4n) is 4.76. The summed E-state index contributed by atoms with van der Waals surface area (Å²) in [6.07, 6.45) is 3.94. The molecule has 6 nitrogen and oxygen atoms in total. The summed E-state index contributed by atoms with van der Waals surface area (Å²) >= 11 is 0. The maximum atomic E-state index is 13.1. The van der Waals surface area contributed by atoms with Crippen LogP contribution in [0.5, 0.6) is 0 Å². The Labute approximate surface area is 180 Å². The van der Waals surface area contributed by atoms with Crippen LogP contribution in [0.15, 0.2) is 59.4 Å². The topological polar surface area (TPSA) is 62.6 Å². The molecule has 0 N–H and O–H groups in total. The number of para-hydroxylation sites is 2. The van der Waals surface area contributed by atoms with E-state index in [-0.39, 0.29) is 23.9 Å². The predicted molar refractivity (Wildman–Crippen MR) is 120 cm³/mol. The molecule has 1 fully saturated rings. The van der Waals surface area contributed by atoms with E-state index in [2.05, 4.69) is 0 Å². The number of amides is 2. The van der Waals surface area contributed by atoms with Crippen molar-refractivity contribution in [3.63, 3.8) is 0 Å². The lowest BCUT2D eigenvalue weighted by atomic mass is 10.0. The van der Waals surface area contributed by atoms with Gasteiger partial charge in [0.15, 0.2) is 0 Å². The number of hydrogen-bond donors (Lipinski definition) is 0. The minimum absolute atomic E-state index is 0.0497. The van der Waals surface area contributed by atoms with Crippen molar-refractivity contribution < 1.29 is 9.59 Å². The summed E-state index contributed by atoms with van der Waals surface area (Å²) in [5.41, 5.74) is 2.80. The molecule has 0 aliphatic carbocycles. The highest BCUT2D eigenvalue weighted by Gasteiger charge is 2.26. The van der Waals surface area contributed by atoms with E-state index in [1.54, 1.807) is 4.90 Å². The number of anilines is 1. The van der Waals surface area contributed by atoms with Crippen molar-refractivity contribution in [2.45, 2.75) is 32.2 Å². The van der Waals surface area contributed by atoms with Gasteiger partial charge in [-0.15, -0.1) is 0 Å². The van der Waals surface area contributed by atoms with Crippen LogP contribution in [-0.4, -0.2) is 40.9 Å². The SMILES string of the molecule is O=C(c1cc(=O)n(CC(=O)N2CCc3ccccc32)c2ccccc12)N1CCCCC1. The lowest BCUT2D eigenvalue weighted by molar-refractivity contribution is -0.119. The first-order valence-corrected chi connectivity index (χ1v) is 10.9. The fraction of sp³-hybridized carbons (Fsp3) is 0.320. The molecule has 2 aliphatic heterocycles.